The first-order valence-electron chi connectivity index (χ1n) is 6.84. The number of hydrogen-bond donors (Lipinski definition) is 1. The van der Waals surface area contributed by atoms with Gasteiger partial charge in [-0.05, 0) is 63.9 Å². The summed E-state index contributed by atoms with van der Waals surface area (Å²) in [5, 5.41) is 1.48. The summed E-state index contributed by atoms with van der Waals surface area (Å²) in [6.07, 6.45) is 3.64. The number of aryl methyl sites for hydroxylation is 3. The van der Waals surface area contributed by atoms with Gasteiger partial charge in [0.25, 0.3) is 0 Å². The first-order valence-corrected chi connectivity index (χ1v) is 6.84. The Morgan fingerprint density at radius 3 is 2.61 bits per heavy atom. The number of hydrogen-bond acceptors (Lipinski definition) is 1. The van der Waals surface area contributed by atoms with E-state index in [1.165, 1.54) is 47.0 Å². The van der Waals surface area contributed by atoms with Crippen LogP contribution in [0.5, 0.6) is 0 Å². The third-order valence-corrected chi connectivity index (χ3v) is 4.46. The lowest BCUT2D eigenvalue weighted by molar-refractivity contribution is 0.268. The largest absolute Gasteiger partial charge is 0.358 e. The lowest BCUT2D eigenvalue weighted by Gasteiger charge is -2.28. The molecule has 0 saturated heterocycles. The van der Waals surface area contributed by atoms with Gasteiger partial charge in [-0.25, -0.2) is 0 Å². The Balaban J connectivity index is 2.18. The monoisotopic (exact) mass is 242 g/mol. The molecule has 1 aromatic carbocycles. The maximum Gasteiger partial charge on any atom is 0.0491 e. The Morgan fingerprint density at radius 1 is 1.17 bits per heavy atom. The van der Waals surface area contributed by atoms with Crippen LogP contribution in [0.4, 0.5) is 0 Å². The van der Waals surface area contributed by atoms with Gasteiger partial charge in [0.15, 0.2) is 0 Å². The molecule has 0 aliphatic heterocycles. The Morgan fingerprint density at radius 2 is 1.89 bits per heavy atom. The molecule has 2 aromatic rings. The minimum Gasteiger partial charge on any atom is -0.358 e. The maximum absolute atomic E-state index is 3.67. The highest BCUT2D eigenvalue weighted by Crippen LogP contribution is 2.33. The summed E-state index contributed by atoms with van der Waals surface area (Å²) in [5.74, 6) is 0. The van der Waals surface area contributed by atoms with Gasteiger partial charge in [0.05, 0.1) is 0 Å². The molecule has 1 aliphatic carbocycles. The van der Waals surface area contributed by atoms with Crippen LogP contribution in [0.3, 0.4) is 0 Å². The second kappa shape index (κ2) is 4.13. The molecule has 18 heavy (non-hydrogen) atoms. The zero-order chi connectivity index (χ0) is 12.9. The number of benzene rings is 1. The normalized spacial score (nSPS) is 19.5. The van der Waals surface area contributed by atoms with E-state index in [1.54, 1.807) is 5.56 Å². The van der Waals surface area contributed by atoms with Crippen LogP contribution in [0.25, 0.3) is 10.9 Å². The summed E-state index contributed by atoms with van der Waals surface area (Å²) in [6.45, 7) is 4.43. The highest BCUT2D eigenvalue weighted by atomic mass is 15.1. The molecule has 2 heteroatoms. The van der Waals surface area contributed by atoms with Crippen LogP contribution in [0, 0.1) is 13.8 Å². The van der Waals surface area contributed by atoms with Crippen molar-refractivity contribution in [2.45, 2.75) is 39.2 Å². The quantitative estimate of drug-likeness (QED) is 0.813. The predicted octanol–water partition coefficient (Wildman–Crippen LogP) is 3.20. The fraction of sp³-hybridized carbons (Fsp3) is 0.500. The van der Waals surface area contributed by atoms with Gasteiger partial charge in [-0.15, -0.1) is 0 Å². The minimum absolute atomic E-state index is 0.691. The number of aromatic nitrogens is 1. The molecular formula is C16H22N2. The summed E-state index contributed by atoms with van der Waals surface area (Å²) >= 11 is 0. The minimum atomic E-state index is 0.691. The van der Waals surface area contributed by atoms with E-state index in [9.17, 15) is 0 Å². The van der Waals surface area contributed by atoms with Crippen molar-refractivity contribution in [2.75, 3.05) is 14.1 Å². The fourth-order valence-corrected chi connectivity index (χ4v) is 3.27. The first-order chi connectivity index (χ1) is 8.58. The van der Waals surface area contributed by atoms with Gasteiger partial charge in [0, 0.05) is 22.6 Å². The van der Waals surface area contributed by atoms with Crippen LogP contribution in [0.1, 0.15) is 28.8 Å². The van der Waals surface area contributed by atoms with E-state index < -0.39 is 0 Å². The van der Waals surface area contributed by atoms with Crippen molar-refractivity contribution in [3.8, 4) is 0 Å². The third kappa shape index (κ3) is 1.67. The molecule has 0 unspecified atom stereocenters. The van der Waals surface area contributed by atoms with Gasteiger partial charge in [-0.3, -0.25) is 0 Å². The van der Waals surface area contributed by atoms with E-state index in [-0.39, 0.29) is 0 Å². The highest BCUT2D eigenvalue weighted by molar-refractivity contribution is 5.90. The molecule has 1 N–H and O–H groups in total. The van der Waals surface area contributed by atoms with Gasteiger partial charge in [0.2, 0.25) is 0 Å². The zero-order valence-corrected chi connectivity index (χ0v) is 11.8. The summed E-state index contributed by atoms with van der Waals surface area (Å²) in [5.41, 5.74) is 7.18. The number of rotatable bonds is 1. The second-order valence-corrected chi connectivity index (χ2v) is 5.89. The summed E-state index contributed by atoms with van der Waals surface area (Å²) < 4.78 is 0. The predicted molar refractivity (Wildman–Crippen MR) is 77.3 cm³/mol. The standard InChI is InChI=1S/C16H22N2/c1-10-5-6-11(2)16-15(10)13-9-12(18(3)4)7-8-14(13)17-16/h5-6,12,17H,7-9H2,1-4H3/t12-/m1/s1. The van der Waals surface area contributed by atoms with Crippen LogP contribution in [-0.4, -0.2) is 30.0 Å². The number of nitrogens with zero attached hydrogens (tertiary/aromatic N) is 1. The topological polar surface area (TPSA) is 19.0 Å². The molecule has 1 heterocycles. The number of fused-ring (bicyclic) bond motifs is 3. The molecule has 1 aliphatic rings. The van der Waals surface area contributed by atoms with Crippen LogP contribution < -0.4 is 0 Å². The van der Waals surface area contributed by atoms with E-state index in [2.05, 4.69) is 50.0 Å². The van der Waals surface area contributed by atoms with Crippen LogP contribution in [0.15, 0.2) is 12.1 Å². The molecule has 0 amide bonds. The van der Waals surface area contributed by atoms with Crippen molar-refractivity contribution in [1.82, 2.24) is 9.88 Å². The van der Waals surface area contributed by atoms with Crippen molar-refractivity contribution >= 4 is 10.9 Å². The number of aromatic amines is 1. The lowest BCUT2D eigenvalue weighted by Crippen LogP contribution is -2.33. The average Bonchev–Trinajstić information content (AvgIpc) is 2.73. The Hall–Kier alpha value is -1.28. The Kier molecular flexibility index (Phi) is 2.70. The van der Waals surface area contributed by atoms with Gasteiger partial charge >= 0.3 is 0 Å². The van der Waals surface area contributed by atoms with E-state index >= 15 is 0 Å². The molecular weight excluding hydrogens is 220 g/mol. The van der Waals surface area contributed by atoms with Crippen molar-refractivity contribution in [3.05, 3.63) is 34.5 Å². The van der Waals surface area contributed by atoms with Crippen LogP contribution >= 0.6 is 0 Å². The average molecular weight is 242 g/mol. The van der Waals surface area contributed by atoms with Crippen LogP contribution in [-0.2, 0) is 12.8 Å². The Bertz CT molecular complexity index is 593. The summed E-state index contributed by atoms with van der Waals surface area (Å²) in [7, 11) is 4.39. The van der Waals surface area contributed by atoms with E-state index in [0.717, 1.165) is 0 Å². The molecule has 0 spiro atoms. The maximum atomic E-state index is 3.67. The number of likely N-dealkylation sites (N-methyl/N-ethyl adjacent to an activating group) is 1. The molecule has 2 nitrogen and oxygen atoms in total. The van der Waals surface area contributed by atoms with E-state index in [0.29, 0.717) is 6.04 Å². The molecule has 96 valence electrons. The second-order valence-electron chi connectivity index (χ2n) is 5.89. The molecule has 3 rings (SSSR count). The molecule has 0 fully saturated rings. The van der Waals surface area contributed by atoms with Gasteiger partial charge in [-0.1, -0.05) is 12.1 Å². The third-order valence-electron chi connectivity index (χ3n) is 4.46. The van der Waals surface area contributed by atoms with Crippen molar-refractivity contribution < 1.29 is 0 Å². The van der Waals surface area contributed by atoms with Crippen molar-refractivity contribution in [1.29, 1.82) is 0 Å². The molecule has 0 radical (unpaired) electrons. The van der Waals surface area contributed by atoms with Crippen molar-refractivity contribution in [3.63, 3.8) is 0 Å². The van der Waals surface area contributed by atoms with Crippen molar-refractivity contribution in [2.24, 2.45) is 0 Å². The van der Waals surface area contributed by atoms with Gasteiger partial charge in [-0.2, -0.15) is 0 Å². The fourth-order valence-electron chi connectivity index (χ4n) is 3.27. The number of H-pyrrole nitrogens is 1. The lowest BCUT2D eigenvalue weighted by atomic mass is 9.89. The highest BCUT2D eigenvalue weighted by Gasteiger charge is 2.24. The number of nitrogens with one attached hydrogen (secondary N) is 1. The molecule has 0 bridgehead atoms. The Labute approximate surface area is 109 Å². The molecule has 1 atom stereocenters. The van der Waals surface area contributed by atoms with Crippen LogP contribution in [0.2, 0.25) is 0 Å². The first kappa shape index (κ1) is 11.8. The molecule has 1 aromatic heterocycles. The SMILES string of the molecule is Cc1ccc(C)c2c3c([nH]c12)CC[C@@H](N(C)C)C3. The van der Waals surface area contributed by atoms with Gasteiger partial charge in [0.1, 0.15) is 0 Å². The van der Waals surface area contributed by atoms with E-state index in [4.69, 9.17) is 0 Å². The summed E-state index contributed by atoms with van der Waals surface area (Å²) in [4.78, 5) is 6.03. The summed E-state index contributed by atoms with van der Waals surface area (Å²) in [6, 6.07) is 5.17. The van der Waals surface area contributed by atoms with Gasteiger partial charge < -0.3 is 9.88 Å². The molecule has 0 saturated carbocycles. The van der Waals surface area contributed by atoms with E-state index in [1.807, 2.05) is 0 Å². The smallest absolute Gasteiger partial charge is 0.0491 e. The zero-order valence-electron chi connectivity index (χ0n) is 11.8.